The first-order valence-electron chi connectivity index (χ1n) is 7.44. The minimum absolute atomic E-state index is 0.0384. The minimum atomic E-state index is -3.70. The second-order valence-corrected chi connectivity index (χ2v) is 6.21. The largest absolute Gasteiger partial charge is 0.399 e. The van der Waals surface area contributed by atoms with Gasteiger partial charge in [-0.1, -0.05) is 32.9 Å². The molecule has 0 saturated heterocycles. The molecule has 5 nitrogen and oxygen atoms in total. The zero-order chi connectivity index (χ0) is 17.5. The van der Waals surface area contributed by atoms with Crippen LogP contribution in [0.5, 0.6) is 0 Å². The summed E-state index contributed by atoms with van der Waals surface area (Å²) in [6.45, 7) is 5.76. The summed E-state index contributed by atoms with van der Waals surface area (Å²) in [4.78, 5) is 11.8. The van der Waals surface area contributed by atoms with Crippen LogP contribution in [-0.2, 0) is 10.0 Å². The Hall–Kier alpha value is -2.34. The molecule has 0 amide bonds. The fourth-order valence-electron chi connectivity index (χ4n) is 1.82. The molecule has 0 aromatic heterocycles. The number of carbonyl (C=O) groups excluding carboxylic acids is 1. The number of nitrogens with one attached hydrogen (secondary N) is 1. The zero-order valence-electron chi connectivity index (χ0n) is 13.5. The molecule has 0 bridgehead atoms. The Morgan fingerprint density at radius 2 is 1.70 bits per heavy atom. The Kier molecular flexibility index (Phi) is 6.78. The molecule has 0 radical (unpaired) electrons. The van der Waals surface area contributed by atoms with E-state index in [4.69, 9.17) is 5.73 Å². The smallest absolute Gasteiger partial charge is 0.261 e. The Labute approximate surface area is 137 Å². The fourth-order valence-corrected chi connectivity index (χ4v) is 2.87. The predicted molar refractivity (Wildman–Crippen MR) is 94.1 cm³/mol. The van der Waals surface area contributed by atoms with Crippen molar-refractivity contribution < 1.29 is 13.2 Å². The number of sulfonamides is 1. The monoisotopic (exact) mass is 334 g/mol. The third-order valence-electron chi connectivity index (χ3n) is 2.95. The highest BCUT2D eigenvalue weighted by atomic mass is 32.2. The van der Waals surface area contributed by atoms with E-state index in [1.54, 1.807) is 25.1 Å². The van der Waals surface area contributed by atoms with Gasteiger partial charge < -0.3 is 5.73 Å². The molecular weight excluding hydrogens is 312 g/mol. The van der Waals surface area contributed by atoms with Crippen LogP contribution in [0.15, 0.2) is 53.4 Å². The molecular formula is C17H22N2O3S. The van der Waals surface area contributed by atoms with Gasteiger partial charge in [-0.15, -0.1) is 0 Å². The van der Waals surface area contributed by atoms with Gasteiger partial charge in [0.15, 0.2) is 5.78 Å². The van der Waals surface area contributed by atoms with E-state index < -0.39 is 10.0 Å². The lowest BCUT2D eigenvalue weighted by molar-refractivity contribution is 0.0988. The summed E-state index contributed by atoms with van der Waals surface area (Å²) < 4.78 is 26.9. The first-order chi connectivity index (χ1) is 10.9. The molecule has 0 aliphatic carbocycles. The van der Waals surface area contributed by atoms with Crippen molar-refractivity contribution in [2.45, 2.75) is 32.1 Å². The Morgan fingerprint density at radius 3 is 2.26 bits per heavy atom. The van der Waals surface area contributed by atoms with Crippen LogP contribution in [-0.4, -0.2) is 14.2 Å². The van der Waals surface area contributed by atoms with Crippen molar-refractivity contribution in [3.05, 3.63) is 54.1 Å². The summed E-state index contributed by atoms with van der Waals surface area (Å²) in [6, 6.07) is 12.3. The first-order valence-corrected chi connectivity index (χ1v) is 8.92. The molecule has 3 N–H and O–H groups in total. The summed E-state index contributed by atoms with van der Waals surface area (Å²) in [5.74, 6) is -0.0384. The lowest BCUT2D eigenvalue weighted by atomic mass is 10.1. The van der Waals surface area contributed by atoms with Crippen LogP contribution in [0.4, 0.5) is 11.4 Å². The first kappa shape index (κ1) is 18.7. The maximum Gasteiger partial charge on any atom is 0.261 e. The molecule has 0 spiro atoms. The van der Waals surface area contributed by atoms with Crippen molar-refractivity contribution in [1.82, 2.24) is 0 Å². The van der Waals surface area contributed by atoms with Crippen molar-refractivity contribution in [1.29, 1.82) is 0 Å². The number of carbonyl (C=O) groups is 1. The third-order valence-corrected chi connectivity index (χ3v) is 4.35. The van der Waals surface area contributed by atoms with Crippen molar-refractivity contribution in [3.63, 3.8) is 0 Å². The number of ketones is 1. The van der Waals surface area contributed by atoms with E-state index in [-0.39, 0.29) is 10.7 Å². The van der Waals surface area contributed by atoms with Crippen LogP contribution in [0, 0.1) is 0 Å². The number of hydrogen-bond donors (Lipinski definition) is 2. The van der Waals surface area contributed by atoms with E-state index in [1.165, 1.54) is 30.3 Å². The van der Waals surface area contributed by atoms with E-state index in [9.17, 15) is 13.2 Å². The number of anilines is 2. The molecule has 0 saturated carbocycles. The highest BCUT2D eigenvalue weighted by Gasteiger charge is 2.14. The van der Waals surface area contributed by atoms with E-state index in [2.05, 4.69) is 4.72 Å². The average molecular weight is 334 g/mol. The van der Waals surface area contributed by atoms with Gasteiger partial charge in [0.25, 0.3) is 10.0 Å². The Bertz CT molecular complexity index is 754. The molecule has 2 aromatic rings. The normalized spacial score (nSPS) is 10.4. The second-order valence-electron chi connectivity index (χ2n) is 4.53. The van der Waals surface area contributed by atoms with E-state index >= 15 is 0 Å². The van der Waals surface area contributed by atoms with E-state index in [1.807, 2.05) is 13.8 Å². The molecule has 0 aliphatic rings. The highest BCUT2D eigenvalue weighted by molar-refractivity contribution is 7.92. The molecule has 2 rings (SSSR count). The van der Waals surface area contributed by atoms with Crippen molar-refractivity contribution in [2.24, 2.45) is 0 Å². The maximum atomic E-state index is 12.2. The quantitative estimate of drug-likeness (QED) is 0.644. The van der Waals surface area contributed by atoms with Crippen LogP contribution < -0.4 is 10.5 Å². The third kappa shape index (κ3) is 5.10. The van der Waals surface area contributed by atoms with Gasteiger partial charge >= 0.3 is 0 Å². The SMILES string of the molecule is CC.CCC(=O)c1cccc(NS(=O)(=O)c2ccc(N)cc2)c1. The molecule has 0 aliphatic heterocycles. The molecule has 124 valence electrons. The number of Topliss-reactive ketones (excluding diaryl/α,β-unsaturated/α-hetero) is 1. The second kappa shape index (κ2) is 8.33. The fraction of sp³-hybridized carbons (Fsp3) is 0.235. The lowest BCUT2D eigenvalue weighted by Gasteiger charge is -2.09. The number of nitrogen functional groups attached to an aromatic ring is 1. The molecule has 0 fully saturated rings. The van der Waals surface area contributed by atoms with Gasteiger partial charge in [-0.3, -0.25) is 9.52 Å². The van der Waals surface area contributed by atoms with Crippen molar-refractivity contribution >= 4 is 27.2 Å². The summed E-state index contributed by atoms with van der Waals surface area (Å²) in [6.07, 6.45) is 0.369. The zero-order valence-corrected chi connectivity index (χ0v) is 14.4. The number of nitrogens with two attached hydrogens (primary N) is 1. The minimum Gasteiger partial charge on any atom is -0.399 e. The lowest BCUT2D eigenvalue weighted by Crippen LogP contribution is -2.13. The van der Waals surface area contributed by atoms with Gasteiger partial charge in [-0.25, -0.2) is 8.42 Å². The van der Waals surface area contributed by atoms with Gasteiger partial charge in [-0.2, -0.15) is 0 Å². The molecule has 23 heavy (non-hydrogen) atoms. The van der Waals surface area contributed by atoms with Gasteiger partial charge in [-0.05, 0) is 36.4 Å². The molecule has 0 atom stereocenters. The summed E-state index contributed by atoms with van der Waals surface area (Å²) in [5.41, 5.74) is 6.86. The standard InChI is InChI=1S/C15H16N2O3S.C2H6/c1-2-15(18)11-4-3-5-13(10-11)17-21(19,20)14-8-6-12(16)7-9-14;1-2/h3-10,17H,2,16H2,1H3;1-2H3. The van der Waals surface area contributed by atoms with Crippen molar-refractivity contribution in [3.8, 4) is 0 Å². The average Bonchev–Trinajstić information content (AvgIpc) is 2.56. The summed E-state index contributed by atoms with van der Waals surface area (Å²) in [5, 5.41) is 0. The van der Waals surface area contributed by atoms with Crippen molar-refractivity contribution in [2.75, 3.05) is 10.5 Å². The van der Waals surface area contributed by atoms with Gasteiger partial charge in [0.05, 0.1) is 4.90 Å². The number of benzene rings is 2. The van der Waals surface area contributed by atoms with Crippen LogP contribution in [0.2, 0.25) is 0 Å². The topological polar surface area (TPSA) is 89.3 Å². The van der Waals surface area contributed by atoms with Crippen LogP contribution >= 0.6 is 0 Å². The summed E-state index contributed by atoms with van der Waals surface area (Å²) in [7, 11) is -3.70. The van der Waals surface area contributed by atoms with Gasteiger partial charge in [0, 0.05) is 23.4 Å². The number of hydrogen-bond acceptors (Lipinski definition) is 4. The highest BCUT2D eigenvalue weighted by Crippen LogP contribution is 2.18. The van der Waals surface area contributed by atoms with Gasteiger partial charge in [0.2, 0.25) is 0 Å². The predicted octanol–water partition coefficient (Wildman–Crippen LogP) is 3.69. The molecule has 6 heteroatoms. The summed E-state index contributed by atoms with van der Waals surface area (Å²) >= 11 is 0. The van der Waals surface area contributed by atoms with Crippen LogP contribution in [0.25, 0.3) is 0 Å². The van der Waals surface area contributed by atoms with Crippen LogP contribution in [0.1, 0.15) is 37.6 Å². The number of rotatable bonds is 5. The molecule has 0 heterocycles. The molecule has 2 aromatic carbocycles. The maximum absolute atomic E-state index is 12.2. The molecule has 0 unspecified atom stereocenters. The van der Waals surface area contributed by atoms with E-state index in [0.717, 1.165) is 0 Å². The Balaban J connectivity index is 0.00000127. The van der Waals surface area contributed by atoms with Gasteiger partial charge in [0.1, 0.15) is 0 Å². The van der Waals surface area contributed by atoms with Crippen LogP contribution in [0.3, 0.4) is 0 Å². The Morgan fingerprint density at radius 1 is 1.09 bits per heavy atom. The van der Waals surface area contributed by atoms with E-state index in [0.29, 0.717) is 23.4 Å².